The molecule has 6 nitrogen and oxygen atoms in total. The van der Waals surface area contributed by atoms with Crippen LogP contribution in [0, 0.1) is 0 Å². The first-order chi connectivity index (χ1) is 10.3. The number of ether oxygens (including phenoxy) is 1. The van der Waals surface area contributed by atoms with Crippen LogP contribution in [-0.4, -0.2) is 35.4 Å². The lowest BCUT2D eigenvalue weighted by Crippen LogP contribution is -2.42. The van der Waals surface area contributed by atoms with Crippen LogP contribution < -0.4 is 5.32 Å². The van der Waals surface area contributed by atoms with E-state index in [4.69, 9.17) is 5.11 Å². The molecule has 6 heteroatoms. The van der Waals surface area contributed by atoms with Crippen LogP contribution in [0.25, 0.3) is 0 Å². The Balaban J connectivity index is 2.91. The number of rotatable bonds is 6. The smallest absolute Gasteiger partial charge is 0.407 e. The minimum absolute atomic E-state index is 0.104. The number of phenols is 1. The van der Waals surface area contributed by atoms with E-state index in [1.54, 1.807) is 12.1 Å². The lowest BCUT2D eigenvalue weighted by Gasteiger charge is -2.14. The summed E-state index contributed by atoms with van der Waals surface area (Å²) in [7, 11) is 1.17. The minimum Gasteiger partial charge on any atom is -0.508 e. The van der Waals surface area contributed by atoms with Crippen LogP contribution in [0.3, 0.4) is 0 Å². The number of alkyl carbamates (subject to hydrolysis) is 1. The van der Waals surface area contributed by atoms with Gasteiger partial charge in [-0.3, -0.25) is 0 Å². The van der Waals surface area contributed by atoms with Crippen LogP contribution in [0.15, 0.2) is 29.8 Å². The van der Waals surface area contributed by atoms with Gasteiger partial charge in [0.1, 0.15) is 11.8 Å². The van der Waals surface area contributed by atoms with Crippen LogP contribution in [0.4, 0.5) is 4.79 Å². The van der Waals surface area contributed by atoms with Crippen molar-refractivity contribution in [2.75, 3.05) is 7.11 Å². The van der Waals surface area contributed by atoms with E-state index in [1.165, 1.54) is 13.2 Å². The first-order valence-corrected chi connectivity index (χ1v) is 6.85. The van der Waals surface area contributed by atoms with Crippen LogP contribution in [0.2, 0.25) is 0 Å². The van der Waals surface area contributed by atoms with Crippen molar-refractivity contribution in [3.8, 4) is 5.75 Å². The van der Waals surface area contributed by atoms with Gasteiger partial charge in [0, 0.05) is 6.42 Å². The molecule has 1 amide bonds. The molecule has 1 atom stereocenters. The summed E-state index contributed by atoms with van der Waals surface area (Å²) in [5, 5.41) is 21.3. The quantitative estimate of drug-likeness (QED) is 0.701. The third kappa shape index (κ3) is 5.47. The number of hydrogen-bond donors (Lipinski definition) is 3. The number of carboxylic acid groups (broad SMARTS) is 1. The Morgan fingerprint density at radius 2 is 2.05 bits per heavy atom. The Labute approximate surface area is 129 Å². The van der Waals surface area contributed by atoms with Crippen molar-refractivity contribution < 1.29 is 24.5 Å². The highest BCUT2D eigenvalue weighted by atomic mass is 16.5. The number of allylic oxidation sites excluding steroid dienone is 2. The Morgan fingerprint density at radius 3 is 2.59 bits per heavy atom. The summed E-state index contributed by atoms with van der Waals surface area (Å²) in [5.41, 5.74) is 2.54. The highest BCUT2D eigenvalue weighted by Crippen LogP contribution is 2.21. The first kappa shape index (κ1) is 17.6. The summed E-state index contributed by atoms with van der Waals surface area (Å²) in [4.78, 5) is 22.4. The molecule has 22 heavy (non-hydrogen) atoms. The lowest BCUT2D eigenvalue weighted by molar-refractivity contribution is -0.139. The van der Waals surface area contributed by atoms with Gasteiger partial charge in [-0.15, -0.1) is 0 Å². The third-order valence-electron chi connectivity index (χ3n) is 3.09. The number of benzene rings is 1. The zero-order valence-corrected chi connectivity index (χ0v) is 12.9. The molecular weight excluding hydrogens is 286 g/mol. The van der Waals surface area contributed by atoms with E-state index >= 15 is 0 Å². The highest BCUT2D eigenvalue weighted by molar-refractivity contribution is 5.80. The first-order valence-electron chi connectivity index (χ1n) is 6.85. The van der Waals surface area contributed by atoms with E-state index in [0.29, 0.717) is 17.5 Å². The zero-order chi connectivity index (χ0) is 16.7. The summed E-state index contributed by atoms with van der Waals surface area (Å²) < 4.78 is 4.42. The van der Waals surface area contributed by atoms with Gasteiger partial charge in [-0.05, 0) is 37.5 Å². The Kier molecular flexibility index (Phi) is 6.44. The number of carbonyl (C=O) groups excluding carboxylic acids is 1. The topological polar surface area (TPSA) is 95.9 Å². The van der Waals surface area contributed by atoms with Gasteiger partial charge in [0.2, 0.25) is 0 Å². The maximum absolute atomic E-state index is 11.2. The fourth-order valence-corrected chi connectivity index (χ4v) is 1.88. The summed E-state index contributed by atoms with van der Waals surface area (Å²) in [6.45, 7) is 3.92. The van der Waals surface area contributed by atoms with Crippen molar-refractivity contribution in [2.24, 2.45) is 0 Å². The van der Waals surface area contributed by atoms with E-state index in [1.807, 2.05) is 19.9 Å². The van der Waals surface area contributed by atoms with Gasteiger partial charge in [-0.1, -0.05) is 23.8 Å². The predicted octanol–water partition coefficient (Wildman–Crippen LogP) is 2.25. The monoisotopic (exact) mass is 307 g/mol. The SMILES string of the molecule is COC(=O)N[C@@H](Cc1ccc(O)c(CC=C(C)C)c1)C(=O)O. The maximum Gasteiger partial charge on any atom is 0.407 e. The standard InChI is InChI=1S/C16H21NO5/c1-10(2)4-6-12-8-11(5-7-14(12)18)9-13(15(19)20)17-16(21)22-3/h4-5,7-8,13,18H,6,9H2,1-3H3,(H,17,21)(H,19,20)/t13-/m0/s1. The number of carbonyl (C=O) groups is 2. The molecule has 1 aromatic rings. The van der Waals surface area contributed by atoms with Gasteiger partial charge >= 0.3 is 12.1 Å². The molecule has 0 saturated heterocycles. The molecule has 0 bridgehead atoms. The van der Waals surface area contributed by atoms with Gasteiger partial charge in [-0.25, -0.2) is 9.59 Å². The average Bonchev–Trinajstić information content (AvgIpc) is 2.46. The summed E-state index contributed by atoms with van der Waals surface area (Å²) in [5.74, 6) is -0.988. The Hall–Kier alpha value is -2.50. The molecule has 0 radical (unpaired) electrons. The molecule has 0 aliphatic carbocycles. The van der Waals surface area contributed by atoms with Gasteiger partial charge in [-0.2, -0.15) is 0 Å². The normalized spacial score (nSPS) is 11.4. The van der Waals surface area contributed by atoms with Crippen LogP contribution in [0.1, 0.15) is 25.0 Å². The number of phenolic OH excluding ortho intramolecular Hbond substituents is 1. The van der Waals surface area contributed by atoms with E-state index in [-0.39, 0.29) is 12.2 Å². The van der Waals surface area contributed by atoms with Crippen molar-refractivity contribution in [1.82, 2.24) is 5.32 Å². The van der Waals surface area contributed by atoms with Crippen molar-refractivity contribution in [1.29, 1.82) is 0 Å². The maximum atomic E-state index is 11.2. The van der Waals surface area contributed by atoms with E-state index in [0.717, 1.165) is 5.57 Å². The van der Waals surface area contributed by atoms with E-state index in [9.17, 15) is 14.7 Å². The molecule has 120 valence electrons. The fraction of sp³-hybridized carbons (Fsp3) is 0.375. The molecule has 3 N–H and O–H groups in total. The minimum atomic E-state index is -1.15. The van der Waals surface area contributed by atoms with Gasteiger partial charge in [0.15, 0.2) is 0 Å². The Morgan fingerprint density at radius 1 is 1.36 bits per heavy atom. The second kappa shape index (κ2) is 8.07. The molecule has 0 aliphatic heterocycles. The molecule has 0 saturated carbocycles. The van der Waals surface area contributed by atoms with Crippen molar-refractivity contribution in [2.45, 2.75) is 32.7 Å². The third-order valence-corrected chi connectivity index (χ3v) is 3.09. The van der Waals surface area contributed by atoms with Gasteiger partial charge in [0.25, 0.3) is 0 Å². The molecule has 0 aliphatic rings. The molecule has 1 aromatic carbocycles. The number of nitrogens with one attached hydrogen (secondary N) is 1. The molecular formula is C16H21NO5. The number of aromatic hydroxyl groups is 1. The molecule has 1 rings (SSSR count). The number of methoxy groups -OCH3 is 1. The number of aliphatic carboxylic acids is 1. The van der Waals surface area contributed by atoms with E-state index in [2.05, 4.69) is 10.1 Å². The summed E-state index contributed by atoms with van der Waals surface area (Å²) >= 11 is 0. The van der Waals surface area contributed by atoms with Crippen LogP contribution >= 0.6 is 0 Å². The molecule has 0 spiro atoms. The summed E-state index contributed by atoms with van der Waals surface area (Å²) in [6, 6.07) is 3.81. The number of hydrogen-bond acceptors (Lipinski definition) is 4. The van der Waals surface area contributed by atoms with E-state index < -0.39 is 18.1 Å². The molecule has 0 heterocycles. The fourth-order valence-electron chi connectivity index (χ4n) is 1.88. The van der Waals surface area contributed by atoms with Crippen molar-refractivity contribution in [3.05, 3.63) is 41.0 Å². The summed E-state index contributed by atoms with van der Waals surface area (Å²) in [6.07, 6.45) is 1.84. The van der Waals surface area contributed by atoms with Crippen LogP contribution in [0.5, 0.6) is 5.75 Å². The Bertz CT molecular complexity index is 576. The number of carboxylic acids is 1. The lowest BCUT2D eigenvalue weighted by atomic mass is 10.0. The largest absolute Gasteiger partial charge is 0.508 e. The highest BCUT2D eigenvalue weighted by Gasteiger charge is 2.21. The zero-order valence-electron chi connectivity index (χ0n) is 12.9. The van der Waals surface area contributed by atoms with Gasteiger partial charge < -0.3 is 20.3 Å². The molecule has 0 fully saturated rings. The van der Waals surface area contributed by atoms with Crippen molar-refractivity contribution >= 4 is 12.1 Å². The number of amides is 1. The second-order valence-corrected chi connectivity index (χ2v) is 5.18. The van der Waals surface area contributed by atoms with Gasteiger partial charge in [0.05, 0.1) is 7.11 Å². The predicted molar refractivity (Wildman–Crippen MR) is 81.9 cm³/mol. The van der Waals surface area contributed by atoms with Crippen molar-refractivity contribution in [3.63, 3.8) is 0 Å². The van der Waals surface area contributed by atoms with Crippen LogP contribution in [-0.2, 0) is 22.4 Å². The average molecular weight is 307 g/mol. The molecule has 0 aromatic heterocycles. The second-order valence-electron chi connectivity index (χ2n) is 5.18. The molecule has 0 unspecified atom stereocenters.